The number of hydrogen-bond donors (Lipinski definition) is 0. The van der Waals surface area contributed by atoms with Crippen LogP contribution in [-0.4, -0.2) is 19.7 Å². The number of pyridine rings is 1. The van der Waals surface area contributed by atoms with Crippen LogP contribution in [0.5, 0.6) is 0 Å². The lowest BCUT2D eigenvalue weighted by atomic mass is 10.2. The summed E-state index contributed by atoms with van der Waals surface area (Å²) in [5.74, 6) is 0. The van der Waals surface area contributed by atoms with E-state index < -0.39 is 16.2 Å². The average molecular weight is 226 g/mol. The summed E-state index contributed by atoms with van der Waals surface area (Å²) >= 11 is 0. The molecule has 80 valence electrons. The number of hydrogen-bond acceptors (Lipinski definition) is 5. The first-order valence-electron chi connectivity index (χ1n) is 4.16. The molecule has 0 spiro atoms. The van der Waals surface area contributed by atoms with Crippen LogP contribution in [0.4, 0.5) is 0 Å². The number of aromatic nitrogens is 1. The van der Waals surface area contributed by atoms with E-state index in [4.69, 9.17) is 9.44 Å². The summed E-state index contributed by atoms with van der Waals surface area (Å²) in [5, 5.41) is 8.54. The average Bonchev–Trinajstić information content (AvgIpc) is 2.15. The van der Waals surface area contributed by atoms with E-state index in [1.807, 2.05) is 6.07 Å². The van der Waals surface area contributed by atoms with Crippen molar-refractivity contribution in [2.24, 2.45) is 0 Å². The summed E-state index contributed by atoms with van der Waals surface area (Å²) in [4.78, 5) is 3.92. The zero-order valence-corrected chi connectivity index (χ0v) is 9.15. The zero-order valence-electron chi connectivity index (χ0n) is 8.34. The van der Waals surface area contributed by atoms with Gasteiger partial charge in [0.15, 0.2) is 0 Å². The van der Waals surface area contributed by atoms with Gasteiger partial charge in [0, 0.05) is 6.20 Å². The Morgan fingerprint density at radius 2 is 2.20 bits per heavy atom. The van der Waals surface area contributed by atoms with Crippen molar-refractivity contribution in [3.05, 3.63) is 29.6 Å². The molecule has 0 aromatic carbocycles. The maximum atomic E-state index is 10.8. The van der Waals surface area contributed by atoms with Crippen molar-refractivity contribution in [2.45, 2.75) is 13.0 Å². The van der Waals surface area contributed by atoms with E-state index in [2.05, 4.69) is 4.98 Å². The molecule has 1 unspecified atom stereocenters. The Labute approximate surface area is 88.5 Å². The first-order valence-corrected chi connectivity index (χ1v) is 5.98. The standard InChI is InChI=1S/C9H10N2O3S/c1-7(14-15(2,12)13)9-4-3-8(5-10)6-11-9/h3-4,6-7H,1-2H3. The van der Waals surface area contributed by atoms with E-state index >= 15 is 0 Å². The number of nitrogens with zero attached hydrogens (tertiary/aromatic N) is 2. The molecular weight excluding hydrogens is 216 g/mol. The van der Waals surface area contributed by atoms with E-state index in [0.717, 1.165) is 6.26 Å². The van der Waals surface area contributed by atoms with Gasteiger partial charge in [-0.15, -0.1) is 0 Å². The summed E-state index contributed by atoms with van der Waals surface area (Å²) < 4.78 is 26.4. The van der Waals surface area contributed by atoms with Crippen LogP contribution < -0.4 is 0 Å². The predicted molar refractivity (Wildman–Crippen MR) is 53.3 cm³/mol. The van der Waals surface area contributed by atoms with Gasteiger partial charge in [-0.2, -0.15) is 13.7 Å². The van der Waals surface area contributed by atoms with Gasteiger partial charge in [0.05, 0.1) is 17.5 Å². The van der Waals surface area contributed by atoms with Gasteiger partial charge < -0.3 is 0 Å². The minimum absolute atomic E-state index is 0.422. The van der Waals surface area contributed by atoms with E-state index in [9.17, 15) is 8.42 Å². The molecule has 1 atom stereocenters. The fourth-order valence-electron chi connectivity index (χ4n) is 1.02. The van der Waals surface area contributed by atoms with E-state index in [0.29, 0.717) is 11.3 Å². The van der Waals surface area contributed by atoms with Crippen molar-refractivity contribution < 1.29 is 12.6 Å². The van der Waals surface area contributed by atoms with Crippen LogP contribution in [0.3, 0.4) is 0 Å². The molecule has 0 aliphatic rings. The van der Waals surface area contributed by atoms with Crippen molar-refractivity contribution in [3.63, 3.8) is 0 Å². The molecule has 0 N–H and O–H groups in total. The third-order valence-corrected chi connectivity index (χ3v) is 2.29. The third-order valence-electron chi connectivity index (χ3n) is 1.65. The largest absolute Gasteiger partial charge is 0.265 e. The lowest BCUT2D eigenvalue weighted by Gasteiger charge is -2.09. The van der Waals surface area contributed by atoms with E-state index in [-0.39, 0.29) is 0 Å². The quantitative estimate of drug-likeness (QED) is 0.718. The van der Waals surface area contributed by atoms with Crippen LogP contribution in [0.1, 0.15) is 24.3 Å². The van der Waals surface area contributed by atoms with Crippen LogP contribution in [-0.2, 0) is 14.3 Å². The van der Waals surface area contributed by atoms with Gasteiger partial charge in [0.1, 0.15) is 12.2 Å². The first-order chi connectivity index (χ1) is 6.92. The molecule has 0 saturated heterocycles. The monoisotopic (exact) mass is 226 g/mol. The molecule has 0 fully saturated rings. The highest BCUT2D eigenvalue weighted by Gasteiger charge is 2.13. The molecule has 15 heavy (non-hydrogen) atoms. The van der Waals surface area contributed by atoms with Crippen molar-refractivity contribution in [1.29, 1.82) is 5.26 Å². The Hall–Kier alpha value is -1.45. The van der Waals surface area contributed by atoms with Gasteiger partial charge in [0.25, 0.3) is 10.1 Å². The van der Waals surface area contributed by atoms with Gasteiger partial charge in [-0.1, -0.05) is 0 Å². The topological polar surface area (TPSA) is 80.0 Å². The normalized spacial score (nSPS) is 13.1. The highest BCUT2D eigenvalue weighted by atomic mass is 32.2. The lowest BCUT2D eigenvalue weighted by molar-refractivity contribution is 0.232. The Kier molecular flexibility index (Phi) is 3.39. The Morgan fingerprint density at radius 3 is 2.60 bits per heavy atom. The smallest absolute Gasteiger partial charge is 0.261 e. The summed E-state index contributed by atoms with van der Waals surface area (Å²) in [6.07, 6.45) is 1.71. The maximum Gasteiger partial charge on any atom is 0.265 e. The minimum Gasteiger partial charge on any atom is -0.261 e. The van der Waals surface area contributed by atoms with Crippen molar-refractivity contribution in [1.82, 2.24) is 4.98 Å². The molecule has 0 aliphatic carbocycles. The zero-order chi connectivity index (χ0) is 11.5. The van der Waals surface area contributed by atoms with Crippen molar-refractivity contribution in [3.8, 4) is 6.07 Å². The fraction of sp³-hybridized carbons (Fsp3) is 0.333. The molecule has 6 heteroatoms. The molecule has 1 aromatic heterocycles. The van der Waals surface area contributed by atoms with Crippen molar-refractivity contribution >= 4 is 10.1 Å². The molecule has 0 amide bonds. The molecule has 1 heterocycles. The second-order valence-corrected chi connectivity index (χ2v) is 4.63. The fourth-order valence-corrected chi connectivity index (χ4v) is 1.65. The van der Waals surface area contributed by atoms with E-state index in [1.165, 1.54) is 6.20 Å². The van der Waals surface area contributed by atoms with Gasteiger partial charge >= 0.3 is 0 Å². The molecule has 0 radical (unpaired) electrons. The molecule has 5 nitrogen and oxygen atoms in total. The second-order valence-electron chi connectivity index (χ2n) is 3.03. The molecule has 1 rings (SSSR count). The molecule has 0 aliphatic heterocycles. The molecular formula is C9H10N2O3S. The summed E-state index contributed by atoms with van der Waals surface area (Å²) in [6.45, 7) is 1.58. The van der Waals surface area contributed by atoms with Crippen LogP contribution in [0.25, 0.3) is 0 Å². The molecule has 0 bridgehead atoms. The van der Waals surface area contributed by atoms with E-state index in [1.54, 1.807) is 19.1 Å². The first kappa shape index (κ1) is 11.6. The molecule has 1 aromatic rings. The highest BCUT2D eigenvalue weighted by Crippen LogP contribution is 2.16. The lowest BCUT2D eigenvalue weighted by Crippen LogP contribution is -2.08. The number of nitriles is 1. The second kappa shape index (κ2) is 4.38. The van der Waals surface area contributed by atoms with Crippen LogP contribution in [0, 0.1) is 11.3 Å². The van der Waals surface area contributed by atoms with Gasteiger partial charge in [0.2, 0.25) is 0 Å². The Bertz CT molecular complexity index is 473. The van der Waals surface area contributed by atoms with Crippen LogP contribution >= 0.6 is 0 Å². The predicted octanol–water partition coefficient (Wildman–Crippen LogP) is 0.990. The number of rotatable bonds is 3. The van der Waals surface area contributed by atoms with Crippen LogP contribution in [0.2, 0.25) is 0 Å². The van der Waals surface area contributed by atoms with Gasteiger partial charge in [-0.05, 0) is 19.1 Å². The van der Waals surface area contributed by atoms with Gasteiger partial charge in [-0.25, -0.2) is 0 Å². The van der Waals surface area contributed by atoms with Gasteiger partial charge in [-0.3, -0.25) is 9.17 Å². The SMILES string of the molecule is CC(OS(C)(=O)=O)c1ccc(C#N)cn1. The Morgan fingerprint density at radius 1 is 1.53 bits per heavy atom. The minimum atomic E-state index is -3.49. The summed E-state index contributed by atoms with van der Waals surface area (Å²) in [7, 11) is -3.49. The Balaban J connectivity index is 2.84. The summed E-state index contributed by atoms with van der Waals surface area (Å²) in [5.41, 5.74) is 0.893. The molecule has 0 saturated carbocycles. The highest BCUT2D eigenvalue weighted by molar-refractivity contribution is 7.86. The maximum absolute atomic E-state index is 10.8. The van der Waals surface area contributed by atoms with Crippen molar-refractivity contribution in [2.75, 3.05) is 6.26 Å². The van der Waals surface area contributed by atoms with Crippen LogP contribution in [0.15, 0.2) is 18.3 Å². The third kappa shape index (κ3) is 3.65. The summed E-state index contributed by atoms with van der Waals surface area (Å²) in [6, 6.07) is 5.04.